The molecule has 0 bridgehead atoms. The van der Waals surface area contributed by atoms with Gasteiger partial charge in [-0.15, -0.1) is 0 Å². The Hall–Kier alpha value is -2.72. The van der Waals surface area contributed by atoms with Gasteiger partial charge in [-0.1, -0.05) is 0 Å². The largest absolute Gasteiger partial charge is 0.337 e. The molecule has 0 aromatic carbocycles. The lowest BCUT2D eigenvalue weighted by atomic mass is 10.1. The highest BCUT2D eigenvalue weighted by atomic mass is 19.3. The number of alkyl halides is 3. The molecule has 2 fully saturated rings. The summed E-state index contributed by atoms with van der Waals surface area (Å²) in [6, 6.07) is 0. The quantitative estimate of drug-likeness (QED) is 0.769. The first-order chi connectivity index (χ1) is 13.3. The van der Waals surface area contributed by atoms with Crippen LogP contribution < -0.4 is 0 Å². The molecular weight excluding hydrogens is 377 g/mol. The van der Waals surface area contributed by atoms with Crippen molar-refractivity contribution >= 4 is 23.5 Å². The fraction of sp³-hybridized carbons (Fsp3) is 0.588. The molecule has 28 heavy (non-hydrogen) atoms. The minimum absolute atomic E-state index is 0.00525. The maximum atomic E-state index is 14.0. The van der Waals surface area contributed by atoms with E-state index < -0.39 is 30.1 Å². The molecule has 1 aromatic heterocycles. The van der Waals surface area contributed by atoms with Crippen molar-refractivity contribution in [2.24, 2.45) is 23.0 Å². The number of hydrogen-bond donors (Lipinski definition) is 0. The molecule has 8 nitrogen and oxygen atoms in total. The molecule has 2 aliphatic heterocycles. The Morgan fingerprint density at radius 2 is 1.86 bits per heavy atom. The number of guanidine groups is 1. The van der Waals surface area contributed by atoms with E-state index >= 15 is 0 Å². The van der Waals surface area contributed by atoms with Crippen LogP contribution in [0.1, 0.15) is 35.3 Å². The molecule has 2 amide bonds. The Labute approximate surface area is 158 Å². The number of aromatic nitrogens is 2. The smallest absolute Gasteiger partial charge is 0.289 e. The van der Waals surface area contributed by atoms with Crippen LogP contribution >= 0.6 is 0 Å². The summed E-state index contributed by atoms with van der Waals surface area (Å²) in [5.74, 6) is -1.19. The van der Waals surface area contributed by atoms with E-state index in [-0.39, 0.29) is 36.2 Å². The molecule has 1 atom stereocenters. The Kier molecular flexibility index (Phi) is 4.68. The number of amides is 2. The van der Waals surface area contributed by atoms with Crippen molar-refractivity contribution in [3.05, 3.63) is 17.5 Å². The van der Waals surface area contributed by atoms with Crippen LogP contribution in [0.2, 0.25) is 0 Å². The second-order valence-electron chi connectivity index (χ2n) is 7.11. The molecule has 0 radical (unpaired) electrons. The number of nitrogens with zero attached hydrogens (tertiary/aromatic N) is 6. The number of aliphatic imine (C=N–C) groups is 2. The van der Waals surface area contributed by atoms with Crippen LogP contribution in [-0.4, -0.2) is 75.4 Å². The standard InChI is InChI=1S/C17H19F3N6O2/c1-24-8-10(13(23-24)14(19)20)16(28)25-4-6-26(7-5-25)17-21-12(9-2-3-9)11(18)15(27)22-17/h8-9,11,14H,2-7H2,1H3. The van der Waals surface area contributed by atoms with Gasteiger partial charge in [0.25, 0.3) is 18.2 Å². The summed E-state index contributed by atoms with van der Waals surface area (Å²) >= 11 is 0. The van der Waals surface area contributed by atoms with Gasteiger partial charge in [-0.2, -0.15) is 10.1 Å². The summed E-state index contributed by atoms with van der Waals surface area (Å²) in [6.07, 6.45) is -1.68. The molecule has 1 aliphatic carbocycles. The lowest BCUT2D eigenvalue weighted by molar-refractivity contribution is -0.120. The number of halogens is 3. The third-order valence-electron chi connectivity index (χ3n) is 5.06. The highest BCUT2D eigenvalue weighted by Crippen LogP contribution is 2.34. The number of hydrogen-bond acceptors (Lipinski definition) is 5. The second kappa shape index (κ2) is 7.02. The van der Waals surface area contributed by atoms with Gasteiger partial charge in [0.2, 0.25) is 12.1 Å². The zero-order valence-corrected chi connectivity index (χ0v) is 15.2. The molecule has 11 heteroatoms. The van der Waals surface area contributed by atoms with Gasteiger partial charge in [0.15, 0.2) is 0 Å². The van der Waals surface area contributed by atoms with Crippen molar-refractivity contribution in [3.63, 3.8) is 0 Å². The van der Waals surface area contributed by atoms with Gasteiger partial charge in [0, 0.05) is 45.3 Å². The number of piperazine rings is 1. The van der Waals surface area contributed by atoms with Gasteiger partial charge in [-0.25, -0.2) is 18.2 Å². The summed E-state index contributed by atoms with van der Waals surface area (Å²) < 4.78 is 41.4. The molecule has 4 rings (SSSR count). The molecule has 1 saturated heterocycles. The molecule has 150 valence electrons. The average Bonchev–Trinajstić information content (AvgIpc) is 3.44. The van der Waals surface area contributed by atoms with E-state index in [9.17, 15) is 22.8 Å². The highest BCUT2D eigenvalue weighted by molar-refractivity contribution is 6.18. The fourth-order valence-electron chi connectivity index (χ4n) is 3.41. The van der Waals surface area contributed by atoms with Gasteiger partial charge >= 0.3 is 0 Å². The molecule has 3 aliphatic rings. The third kappa shape index (κ3) is 3.40. The number of carbonyl (C=O) groups is 2. The van der Waals surface area contributed by atoms with Crippen LogP contribution in [0.5, 0.6) is 0 Å². The van der Waals surface area contributed by atoms with Crippen LogP contribution in [0.15, 0.2) is 16.2 Å². The van der Waals surface area contributed by atoms with Crippen LogP contribution in [0.4, 0.5) is 13.2 Å². The summed E-state index contributed by atoms with van der Waals surface area (Å²) in [4.78, 5) is 35.6. The molecule has 3 heterocycles. The van der Waals surface area contributed by atoms with Crippen molar-refractivity contribution < 1.29 is 22.8 Å². The summed E-state index contributed by atoms with van der Waals surface area (Å²) in [7, 11) is 1.48. The SMILES string of the molecule is Cn1cc(C(=O)N2CCN(C3=NC(=O)C(F)C(C4CC4)=N3)CC2)c(C(F)F)n1. The van der Waals surface area contributed by atoms with Gasteiger partial charge in [-0.3, -0.25) is 14.3 Å². The first kappa shape index (κ1) is 18.6. The van der Waals surface area contributed by atoms with Gasteiger partial charge in [0.1, 0.15) is 5.69 Å². The molecule has 1 aromatic rings. The molecule has 0 spiro atoms. The first-order valence-corrected chi connectivity index (χ1v) is 9.06. The predicted molar refractivity (Wildman–Crippen MR) is 93.1 cm³/mol. The van der Waals surface area contributed by atoms with E-state index in [1.54, 1.807) is 4.90 Å². The van der Waals surface area contributed by atoms with E-state index in [0.29, 0.717) is 13.1 Å². The second-order valence-corrected chi connectivity index (χ2v) is 7.11. The Morgan fingerprint density at radius 1 is 1.18 bits per heavy atom. The Bertz CT molecular complexity index is 868. The third-order valence-corrected chi connectivity index (χ3v) is 5.06. The van der Waals surface area contributed by atoms with Gasteiger partial charge in [-0.05, 0) is 12.8 Å². The number of rotatable bonds is 3. The molecular formula is C17H19F3N6O2. The highest BCUT2D eigenvalue weighted by Gasteiger charge is 2.40. The van der Waals surface area contributed by atoms with Gasteiger partial charge < -0.3 is 9.80 Å². The van der Waals surface area contributed by atoms with Gasteiger partial charge in [0.05, 0.1) is 11.3 Å². The Balaban J connectivity index is 1.44. The molecule has 0 N–H and O–H groups in total. The van der Waals surface area contributed by atoms with Crippen LogP contribution in [-0.2, 0) is 11.8 Å². The van der Waals surface area contributed by atoms with Crippen molar-refractivity contribution in [3.8, 4) is 0 Å². The summed E-state index contributed by atoms with van der Waals surface area (Å²) in [5.41, 5.74) is -0.416. The zero-order valence-electron chi connectivity index (χ0n) is 15.2. The fourth-order valence-corrected chi connectivity index (χ4v) is 3.41. The van der Waals surface area contributed by atoms with Crippen LogP contribution in [0.3, 0.4) is 0 Å². The topological polar surface area (TPSA) is 83.2 Å². The van der Waals surface area contributed by atoms with Crippen LogP contribution in [0, 0.1) is 5.92 Å². The normalized spacial score (nSPS) is 23.2. The van der Waals surface area contributed by atoms with E-state index in [1.807, 2.05) is 0 Å². The lowest BCUT2D eigenvalue weighted by Crippen LogP contribution is -2.51. The predicted octanol–water partition coefficient (Wildman–Crippen LogP) is 1.20. The van der Waals surface area contributed by atoms with Crippen molar-refractivity contribution in [1.82, 2.24) is 19.6 Å². The number of carbonyl (C=O) groups excluding carboxylic acids is 2. The zero-order chi connectivity index (χ0) is 20.0. The summed E-state index contributed by atoms with van der Waals surface area (Å²) in [5, 5.41) is 3.66. The van der Waals surface area contributed by atoms with E-state index in [0.717, 1.165) is 12.8 Å². The van der Waals surface area contributed by atoms with E-state index in [1.165, 1.54) is 22.8 Å². The van der Waals surface area contributed by atoms with Crippen molar-refractivity contribution in [2.45, 2.75) is 25.4 Å². The molecule has 1 saturated carbocycles. The minimum atomic E-state index is -2.84. The van der Waals surface area contributed by atoms with E-state index in [2.05, 4.69) is 15.1 Å². The lowest BCUT2D eigenvalue weighted by Gasteiger charge is -2.36. The Morgan fingerprint density at radius 3 is 2.46 bits per heavy atom. The first-order valence-electron chi connectivity index (χ1n) is 9.06. The van der Waals surface area contributed by atoms with E-state index in [4.69, 9.17) is 0 Å². The van der Waals surface area contributed by atoms with Crippen molar-refractivity contribution in [1.29, 1.82) is 0 Å². The average molecular weight is 396 g/mol. The maximum absolute atomic E-state index is 14.0. The monoisotopic (exact) mass is 396 g/mol. The van der Waals surface area contributed by atoms with Crippen molar-refractivity contribution in [2.75, 3.05) is 26.2 Å². The van der Waals surface area contributed by atoms with Crippen LogP contribution in [0.25, 0.3) is 0 Å². The maximum Gasteiger partial charge on any atom is 0.289 e. The molecule has 1 unspecified atom stereocenters. The summed E-state index contributed by atoms with van der Waals surface area (Å²) in [6.45, 7) is 1.13. The number of aryl methyl sites for hydroxylation is 1. The minimum Gasteiger partial charge on any atom is -0.337 e.